The van der Waals surface area contributed by atoms with E-state index in [0.29, 0.717) is 17.5 Å². The molecule has 3 N–H and O–H groups in total. The van der Waals surface area contributed by atoms with Crippen LogP contribution in [0.2, 0.25) is 0 Å². The topological polar surface area (TPSA) is 78.4 Å². The van der Waals surface area contributed by atoms with Crippen LogP contribution in [0.4, 0.5) is 10.5 Å². The first-order valence-corrected chi connectivity index (χ1v) is 7.64. The number of benzene rings is 1. The van der Waals surface area contributed by atoms with Gasteiger partial charge in [-0.1, -0.05) is 6.92 Å². The zero-order chi connectivity index (χ0) is 15.1. The number of aryl methyl sites for hydroxylation is 1. The minimum Gasteiger partial charge on any atom is -0.478 e. The largest absolute Gasteiger partial charge is 0.478 e. The lowest BCUT2D eigenvalue weighted by Crippen LogP contribution is -2.30. The standard InChI is InChI=1S/C14H20N2O3S/c1-9-8-11(13(17)18)4-5-12(9)16-14(19)15-7-6-10(2)20-3/h4-5,8,10H,6-7H2,1-3H3,(H,17,18)(H2,15,16,19). The van der Waals surface area contributed by atoms with Crippen LogP contribution >= 0.6 is 11.8 Å². The second-order valence-electron chi connectivity index (χ2n) is 4.55. The molecule has 0 spiro atoms. The third-order valence-corrected chi connectivity index (χ3v) is 4.00. The van der Waals surface area contributed by atoms with Crippen LogP contribution < -0.4 is 10.6 Å². The van der Waals surface area contributed by atoms with E-state index in [0.717, 1.165) is 12.0 Å². The van der Waals surface area contributed by atoms with Crippen molar-refractivity contribution in [2.45, 2.75) is 25.5 Å². The minimum absolute atomic E-state index is 0.210. The van der Waals surface area contributed by atoms with Crippen molar-refractivity contribution >= 4 is 29.4 Å². The predicted octanol–water partition coefficient (Wildman–Crippen LogP) is 2.96. The van der Waals surface area contributed by atoms with Gasteiger partial charge >= 0.3 is 12.0 Å². The summed E-state index contributed by atoms with van der Waals surface area (Å²) in [5.74, 6) is -0.977. The molecule has 0 aromatic heterocycles. The number of thioether (sulfide) groups is 1. The summed E-state index contributed by atoms with van der Waals surface area (Å²) in [6.07, 6.45) is 2.95. The van der Waals surface area contributed by atoms with Gasteiger partial charge in [0.15, 0.2) is 0 Å². The Morgan fingerprint density at radius 3 is 2.65 bits per heavy atom. The van der Waals surface area contributed by atoms with Gasteiger partial charge in [0.2, 0.25) is 0 Å². The van der Waals surface area contributed by atoms with Crippen molar-refractivity contribution in [1.82, 2.24) is 5.32 Å². The van der Waals surface area contributed by atoms with Gasteiger partial charge in [-0.2, -0.15) is 11.8 Å². The Labute approximate surface area is 123 Å². The summed E-state index contributed by atoms with van der Waals surface area (Å²) in [5.41, 5.74) is 1.55. The fourth-order valence-corrected chi connectivity index (χ4v) is 1.96. The molecule has 6 heteroatoms. The number of aromatic carboxylic acids is 1. The number of hydrogen-bond acceptors (Lipinski definition) is 3. The molecule has 0 bridgehead atoms. The van der Waals surface area contributed by atoms with Gasteiger partial charge in [0, 0.05) is 17.5 Å². The molecule has 5 nitrogen and oxygen atoms in total. The van der Waals surface area contributed by atoms with Crippen LogP contribution in [0.3, 0.4) is 0 Å². The van der Waals surface area contributed by atoms with Crippen LogP contribution in [-0.4, -0.2) is 35.2 Å². The van der Waals surface area contributed by atoms with Gasteiger partial charge in [-0.15, -0.1) is 0 Å². The highest BCUT2D eigenvalue weighted by atomic mass is 32.2. The third-order valence-electron chi connectivity index (χ3n) is 2.96. The molecule has 1 aromatic rings. The van der Waals surface area contributed by atoms with Gasteiger partial charge in [-0.3, -0.25) is 0 Å². The molecule has 1 aromatic carbocycles. The van der Waals surface area contributed by atoms with Crippen molar-refractivity contribution in [2.24, 2.45) is 0 Å². The van der Waals surface area contributed by atoms with Gasteiger partial charge in [0.25, 0.3) is 0 Å². The number of carboxylic acids is 1. The van der Waals surface area contributed by atoms with E-state index in [9.17, 15) is 9.59 Å². The van der Waals surface area contributed by atoms with Crippen molar-refractivity contribution in [2.75, 3.05) is 18.1 Å². The number of hydrogen-bond donors (Lipinski definition) is 3. The molecule has 1 atom stereocenters. The molecule has 0 aliphatic rings. The number of rotatable bonds is 6. The Kier molecular flexibility index (Phi) is 6.38. The summed E-state index contributed by atoms with van der Waals surface area (Å²) in [4.78, 5) is 22.5. The van der Waals surface area contributed by atoms with Gasteiger partial charge in [0.05, 0.1) is 5.56 Å². The fourth-order valence-electron chi connectivity index (χ4n) is 1.61. The summed E-state index contributed by atoms with van der Waals surface area (Å²) < 4.78 is 0. The summed E-state index contributed by atoms with van der Waals surface area (Å²) in [6, 6.07) is 4.33. The highest BCUT2D eigenvalue weighted by Gasteiger charge is 2.08. The van der Waals surface area contributed by atoms with Crippen LogP contribution in [0, 0.1) is 6.92 Å². The van der Waals surface area contributed by atoms with Gasteiger partial charge in [-0.05, 0) is 43.4 Å². The van der Waals surface area contributed by atoms with Crippen LogP contribution in [0.15, 0.2) is 18.2 Å². The monoisotopic (exact) mass is 296 g/mol. The molecular formula is C14H20N2O3S. The lowest BCUT2D eigenvalue weighted by Gasteiger charge is -2.12. The van der Waals surface area contributed by atoms with Gasteiger partial charge in [-0.25, -0.2) is 9.59 Å². The normalized spacial score (nSPS) is 11.8. The molecule has 2 amide bonds. The Bertz CT molecular complexity index is 491. The van der Waals surface area contributed by atoms with E-state index in [4.69, 9.17) is 5.11 Å². The summed E-state index contributed by atoms with van der Waals surface area (Å²) in [7, 11) is 0. The molecule has 0 radical (unpaired) electrons. The maximum atomic E-state index is 11.7. The van der Waals surface area contributed by atoms with E-state index in [1.807, 2.05) is 6.26 Å². The number of carboxylic acid groups (broad SMARTS) is 1. The molecule has 110 valence electrons. The first-order chi connectivity index (χ1) is 9.43. The third kappa shape index (κ3) is 5.13. The second-order valence-corrected chi connectivity index (χ2v) is 5.83. The number of anilines is 1. The molecule has 0 saturated heterocycles. The Morgan fingerprint density at radius 1 is 1.40 bits per heavy atom. The average Bonchev–Trinajstić information content (AvgIpc) is 2.40. The van der Waals surface area contributed by atoms with Crippen molar-refractivity contribution in [3.05, 3.63) is 29.3 Å². The molecule has 20 heavy (non-hydrogen) atoms. The summed E-state index contributed by atoms with van der Waals surface area (Å²) in [5, 5.41) is 14.9. The first-order valence-electron chi connectivity index (χ1n) is 6.35. The van der Waals surface area contributed by atoms with E-state index in [-0.39, 0.29) is 11.6 Å². The second kappa shape index (κ2) is 7.79. The van der Waals surface area contributed by atoms with E-state index < -0.39 is 5.97 Å². The summed E-state index contributed by atoms with van der Waals surface area (Å²) >= 11 is 1.76. The number of urea groups is 1. The van der Waals surface area contributed by atoms with E-state index in [2.05, 4.69) is 17.6 Å². The first kappa shape index (κ1) is 16.4. The number of carbonyl (C=O) groups is 2. The predicted molar refractivity (Wildman–Crippen MR) is 82.8 cm³/mol. The number of nitrogens with one attached hydrogen (secondary N) is 2. The van der Waals surface area contributed by atoms with Gasteiger partial charge < -0.3 is 15.7 Å². The Balaban J connectivity index is 2.52. The number of carbonyl (C=O) groups excluding carboxylic acids is 1. The summed E-state index contributed by atoms with van der Waals surface area (Å²) in [6.45, 7) is 4.48. The van der Waals surface area contributed by atoms with Crippen LogP contribution in [0.1, 0.15) is 29.3 Å². The lowest BCUT2D eigenvalue weighted by molar-refractivity contribution is 0.0697. The van der Waals surface area contributed by atoms with E-state index >= 15 is 0 Å². The fraction of sp³-hybridized carbons (Fsp3) is 0.429. The molecule has 1 unspecified atom stereocenters. The molecule has 0 heterocycles. The minimum atomic E-state index is -0.977. The zero-order valence-corrected chi connectivity index (χ0v) is 12.7. The van der Waals surface area contributed by atoms with Crippen LogP contribution in [0.5, 0.6) is 0 Å². The Morgan fingerprint density at radius 2 is 2.10 bits per heavy atom. The highest BCUT2D eigenvalue weighted by molar-refractivity contribution is 7.99. The Hall–Kier alpha value is -1.69. The highest BCUT2D eigenvalue weighted by Crippen LogP contribution is 2.16. The van der Waals surface area contributed by atoms with Crippen LogP contribution in [-0.2, 0) is 0 Å². The van der Waals surface area contributed by atoms with Crippen molar-refractivity contribution in [1.29, 1.82) is 0 Å². The lowest BCUT2D eigenvalue weighted by atomic mass is 10.1. The van der Waals surface area contributed by atoms with Crippen LogP contribution in [0.25, 0.3) is 0 Å². The van der Waals surface area contributed by atoms with E-state index in [1.54, 1.807) is 24.8 Å². The zero-order valence-electron chi connectivity index (χ0n) is 11.9. The average molecular weight is 296 g/mol. The van der Waals surface area contributed by atoms with Crippen molar-refractivity contribution in [3.8, 4) is 0 Å². The van der Waals surface area contributed by atoms with Gasteiger partial charge in [0.1, 0.15) is 0 Å². The molecule has 0 aliphatic heterocycles. The molecule has 0 fully saturated rings. The van der Waals surface area contributed by atoms with Crippen molar-refractivity contribution in [3.63, 3.8) is 0 Å². The van der Waals surface area contributed by atoms with Crippen molar-refractivity contribution < 1.29 is 14.7 Å². The quantitative estimate of drug-likeness (QED) is 0.754. The molecule has 1 rings (SSSR count). The smallest absolute Gasteiger partial charge is 0.335 e. The molecule has 0 aliphatic carbocycles. The maximum Gasteiger partial charge on any atom is 0.335 e. The molecular weight excluding hydrogens is 276 g/mol. The number of amides is 2. The molecule has 0 saturated carbocycles. The maximum absolute atomic E-state index is 11.7. The van der Waals surface area contributed by atoms with E-state index in [1.165, 1.54) is 12.1 Å². The SMILES string of the molecule is CSC(C)CCNC(=O)Nc1ccc(C(=O)O)cc1C.